The molecule has 0 radical (unpaired) electrons. The van der Waals surface area contributed by atoms with Crippen molar-refractivity contribution in [2.75, 3.05) is 13.1 Å². The summed E-state index contributed by atoms with van der Waals surface area (Å²) in [6, 6.07) is 0. The van der Waals surface area contributed by atoms with Gasteiger partial charge >= 0.3 is 5.97 Å². The maximum Gasteiger partial charge on any atom is 0.322 e. The number of carboxylic acid groups (broad SMARTS) is 1. The van der Waals surface area contributed by atoms with Gasteiger partial charge < -0.3 is 10.4 Å². The molecule has 0 atom stereocenters. The molecular weight excluding hydrogens is 220 g/mol. The smallest absolute Gasteiger partial charge is 0.322 e. The van der Waals surface area contributed by atoms with Crippen LogP contribution in [0.2, 0.25) is 0 Å². The summed E-state index contributed by atoms with van der Waals surface area (Å²) in [4.78, 5) is 24.5. The highest BCUT2D eigenvalue weighted by Gasteiger charge is 2.39. The van der Waals surface area contributed by atoms with E-state index in [1.165, 1.54) is 0 Å². The van der Waals surface area contributed by atoms with Crippen molar-refractivity contribution in [2.24, 2.45) is 0 Å². The Kier molecular flexibility index (Phi) is 5.13. The number of amides is 1. The Labute approximate surface area is 103 Å². The molecule has 0 saturated carbocycles. The molecule has 5 heteroatoms. The molecule has 100 valence electrons. The Morgan fingerprint density at radius 2 is 1.65 bits per heavy atom. The zero-order valence-electron chi connectivity index (χ0n) is 11.6. The highest BCUT2D eigenvalue weighted by molar-refractivity contribution is 5.88. The second-order valence-electron chi connectivity index (χ2n) is 5.55. The molecule has 0 aliphatic carbocycles. The van der Waals surface area contributed by atoms with Crippen molar-refractivity contribution >= 4 is 11.9 Å². The number of aliphatic carboxylic acids is 1. The molecule has 0 aromatic heterocycles. The van der Waals surface area contributed by atoms with E-state index in [9.17, 15) is 9.59 Å². The number of nitrogens with one attached hydrogen (secondary N) is 1. The lowest BCUT2D eigenvalue weighted by Gasteiger charge is -2.45. The molecule has 1 amide bonds. The average Bonchev–Trinajstić information content (AvgIpc) is 2.11. The van der Waals surface area contributed by atoms with Crippen LogP contribution in [0.3, 0.4) is 0 Å². The van der Waals surface area contributed by atoms with Crippen LogP contribution in [0, 0.1) is 0 Å². The lowest BCUT2D eigenvalue weighted by atomic mass is 9.93. The third-order valence-corrected chi connectivity index (χ3v) is 2.76. The number of carbonyl (C=O) groups excluding carboxylic acids is 1. The highest BCUT2D eigenvalue weighted by Crippen LogP contribution is 2.24. The Bertz CT molecular complexity index is 293. The van der Waals surface area contributed by atoms with Crippen molar-refractivity contribution < 1.29 is 14.7 Å². The predicted octanol–water partition coefficient (Wildman–Crippen LogP) is 1.09. The van der Waals surface area contributed by atoms with Crippen LogP contribution in [0.25, 0.3) is 0 Å². The largest absolute Gasteiger partial charge is 0.480 e. The van der Waals surface area contributed by atoms with E-state index in [2.05, 4.69) is 5.32 Å². The van der Waals surface area contributed by atoms with Crippen LogP contribution in [0.15, 0.2) is 0 Å². The van der Waals surface area contributed by atoms with Crippen molar-refractivity contribution in [3.8, 4) is 0 Å². The van der Waals surface area contributed by atoms with E-state index in [0.29, 0.717) is 0 Å². The lowest BCUT2D eigenvalue weighted by Crippen LogP contribution is -2.61. The summed E-state index contributed by atoms with van der Waals surface area (Å²) in [7, 11) is 0. The lowest BCUT2D eigenvalue weighted by molar-refractivity contribution is -0.141. The second-order valence-corrected chi connectivity index (χ2v) is 5.55. The normalized spacial score (nSPS) is 12.6. The van der Waals surface area contributed by atoms with E-state index in [4.69, 9.17) is 5.11 Å². The Morgan fingerprint density at radius 3 is 1.94 bits per heavy atom. The first kappa shape index (κ1) is 15.9. The molecule has 0 spiro atoms. The fourth-order valence-electron chi connectivity index (χ4n) is 2.20. The monoisotopic (exact) mass is 244 g/mol. The van der Waals surface area contributed by atoms with Gasteiger partial charge in [-0.05, 0) is 41.2 Å². The summed E-state index contributed by atoms with van der Waals surface area (Å²) in [6.45, 7) is 12.1. The zero-order chi connectivity index (χ0) is 13.9. The van der Waals surface area contributed by atoms with Crippen LogP contribution < -0.4 is 5.32 Å². The third kappa shape index (κ3) is 4.34. The summed E-state index contributed by atoms with van der Waals surface area (Å²) < 4.78 is 0. The summed E-state index contributed by atoms with van der Waals surface area (Å²) >= 11 is 0. The third-order valence-electron chi connectivity index (χ3n) is 2.76. The Balaban J connectivity index is 4.84. The first-order chi connectivity index (χ1) is 7.53. The van der Waals surface area contributed by atoms with Crippen LogP contribution in [0.4, 0.5) is 0 Å². The first-order valence-corrected chi connectivity index (χ1v) is 5.81. The molecule has 0 aromatic rings. The summed E-state index contributed by atoms with van der Waals surface area (Å²) in [5, 5.41) is 11.0. The van der Waals surface area contributed by atoms with E-state index in [-0.39, 0.29) is 18.0 Å². The van der Waals surface area contributed by atoms with Crippen molar-refractivity contribution in [2.45, 2.75) is 52.6 Å². The summed E-state index contributed by atoms with van der Waals surface area (Å²) in [5.41, 5.74) is -0.888. The Hall–Kier alpha value is -1.10. The van der Waals surface area contributed by atoms with Gasteiger partial charge in [-0.1, -0.05) is 6.92 Å². The molecule has 0 aliphatic heterocycles. The number of carbonyl (C=O) groups is 2. The molecule has 5 nitrogen and oxygen atoms in total. The van der Waals surface area contributed by atoms with Gasteiger partial charge in [-0.15, -0.1) is 0 Å². The first-order valence-electron chi connectivity index (χ1n) is 5.81. The minimum atomic E-state index is -1.03. The molecule has 17 heavy (non-hydrogen) atoms. The number of nitrogens with zero attached hydrogens (tertiary/aromatic N) is 1. The SMILES string of the molecule is CCN(C(C)(C)C)C(C)(C)C(=O)NCC(=O)O. The quantitative estimate of drug-likeness (QED) is 0.759. The second kappa shape index (κ2) is 5.49. The van der Waals surface area contributed by atoms with E-state index in [0.717, 1.165) is 6.54 Å². The fraction of sp³-hybridized carbons (Fsp3) is 0.833. The number of hydrogen-bond donors (Lipinski definition) is 2. The maximum atomic E-state index is 12.0. The van der Waals surface area contributed by atoms with Gasteiger partial charge in [0.1, 0.15) is 6.54 Å². The van der Waals surface area contributed by atoms with Gasteiger partial charge in [0.15, 0.2) is 0 Å². The van der Waals surface area contributed by atoms with E-state index in [1.54, 1.807) is 13.8 Å². The minimum Gasteiger partial charge on any atom is -0.480 e. The molecule has 0 aromatic carbocycles. The van der Waals surface area contributed by atoms with Crippen molar-refractivity contribution in [3.05, 3.63) is 0 Å². The predicted molar refractivity (Wildman–Crippen MR) is 66.9 cm³/mol. The number of carboxylic acids is 1. The van der Waals surface area contributed by atoms with Crippen molar-refractivity contribution in [1.82, 2.24) is 10.2 Å². The number of likely N-dealkylation sites (N-methyl/N-ethyl adjacent to an activating group) is 1. The number of hydrogen-bond acceptors (Lipinski definition) is 3. The van der Waals surface area contributed by atoms with Crippen LogP contribution in [0.1, 0.15) is 41.5 Å². The molecular formula is C12H24N2O3. The highest BCUT2D eigenvalue weighted by atomic mass is 16.4. The standard InChI is InChI=1S/C12H24N2O3/c1-7-14(11(2,3)4)12(5,6)10(17)13-8-9(15)16/h7-8H2,1-6H3,(H,13,17)(H,15,16). The molecule has 0 heterocycles. The van der Waals surface area contributed by atoms with Gasteiger partial charge in [0, 0.05) is 5.54 Å². The van der Waals surface area contributed by atoms with Gasteiger partial charge in [0.25, 0.3) is 0 Å². The fourth-order valence-corrected chi connectivity index (χ4v) is 2.20. The van der Waals surface area contributed by atoms with Gasteiger partial charge in [0.05, 0.1) is 5.54 Å². The van der Waals surface area contributed by atoms with Crippen molar-refractivity contribution in [1.29, 1.82) is 0 Å². The molecule has 0 bridgehead atoms. The minimum absolute atomic E-state index is 0.154. The number of rotatable bonds is 5. The van der Waals surface area contributed by atoms with E-state index >= 15 is 0 Å². The maximum absolute atomic E-state index is 12.0. The van der Waals surface area contributed by atoms with Crippen LogP contribution in [0.5, 0.6) is 0 Å². The molecule has 0 aliphatic rings. The van der Waals surface area contributed by atoms with Gasteiger partial charge in [0.2, 0.25) is 5.91 Å². The molecule has 0 unspecified atom stereocenters. The average molecular weight is 244 g/mol. The molecule has 0 fully saturated rings. The van der Waals surface area contributed by atoms with Gasteiger partial charge in [-0.3, -0.25) is 14.5 Å². The summed E-state index contributed by atoms with van der Waals surface area (Å²) in [6.07, 6.45) is 0. The molecule has 0 rings (SSSR count). The van der Waals surface area contributed by atoms with Gasteiger partial charge in [-0.25, -0.2) is 0 Å². The van der Waals surface area contributed by atoms with E-state index in [1.807, 2.05) is 32.6 Å². The topological polar surface area (TPSA) is 69.6 Å². The zero-order valence-corrected chi connectivity index (χ0v) is 11.6. The summed E-state index contributed by atoms with van der Waals surface area (Å²) in [5.74, 6) is -1.30. The van der Waals surface area contributed by atoms with Crippen LogP contribution in [-0.4, -0.2) is 46.1 Å². The Morgan fingerprint density at radius 1 is 1.18 bits per heavy atom. The van der Waals surface area contributed by atoms with Crippen LogP contribution in [-0.2, 0) is 9.59 Å². The van der Waals surface area contributed by atoms with E-state index < -0.39 is 11.5 Å². The van der Waals surface area contributed by atoms with Gasteiger partial charge in [-0.2, -0.15) is 0 Å². The molecule has 0 saturated heterocycles. The van der Waals surface area contributed by atoms with Crippen molar-refractivity contribution in [3.63, 3.8) is 0 Å². The molecule has 2 N–H and O–H groups in total. The van der Waals surface area contributed by atoms with Crippen LogP contribution >= 0.6 is 0 Å².